The minimum atomic E-state index is 0.770. The summed E-state index contributed by atoms with van der Waals surface area (Å²) in [6.07, 6.45) is 2.07. The van der Waals surface area contributed by atoms with Crippen LogP contribution >= 0.6 is 22.9 Å². The Kier molecular flexibility index (Phi) is 3.62. The Labute approximate surface area is 105 Å². The summed E-state index contributed by atoms with van der Waals surface area (Å²) in [5, 5.41) is 1.87. The highest BCUT2D eigenvalue weighted by atomic mass is 35.5. The molecule has 0 bridgehead atoms. The van der Waals surface area contributed by atoms with Crippen molar-refractivity contribution >= 4 is 22.9 Å². The van der Waals surface area contributed by atoms with Crippen LogP contribution in [0.4, 0.5) is 0 Å². The molecule has 0 spiro atoms. The van der Waals surface area contributed by atoms with Crippen molar-refractivity contribution < 1.29 is 0 Å². The second-order valence-corrected chi connectivity index (χ2v) is 5.12. The molecule has 84 valence electrons. The van der Waals surface area contributed by atoms with Crippen LogP contribution in [0, 0.1) is 0 Å². The Morgan fingerprint density at radius 1 is 1.12 bits per heavy atom. The van der Waals surface area contributed by atoms with Crippen LogP contribution < -0.4 is 0 Å². The van der Waals surface area contributed by atoms with E-state index in [1.165, 1.54) is 10.6 Å². The van der Waals surface area contributed by atoms with Gasteiger partial charge < -0.3 is 0 Å². The molecular weight excluding hydrogens is 238 g/mol. The predicted molar refractivity (Wildman–Crippen MR) is 71.3 cm³/mol. The van der Waals surface area contributed by atoms with E-state index in [9.17, 15) is 0 Å². The summed E-state index contributed by atoms with van der Waals surface area (Å²) < 4.78 is 0. The van der Waals surface area contributed by atoms with Gasteiger partial charge in [-0.2, -0.15) is 0 Å². The minimum Gasteiger partial charge on any atom is -0.241 e. The third kappa shape index (κ3) is 2.28. The average molecular weight is 252 g/mol. The van der Waals surface area contributed by atoms with Gasteiger partial charge >= 0.3 is 0 Å². The van der Waals surface area contributed by atoms with Gasteiger partial charge in [0, 0.05) is 15.5 Å². The van der Waals surface area contributed by atoms with E-state index in [2.05, 4.69) is 18.8 Å². The van der Waals surface area contributed by atoms with Gasteiger partial charge in [-0.25, -0.2) is 4.98 Å². The van der Waals surface area contributed by atoms with E-state index in [1.54, 1.807) is 11.3 Å². The van der Waals surface area contributed by atoms with E-state index in [4.69, 9.17) is 11.6 Å². The number of aromatic nitrogens is 1. The Balaban J connectivity index is 2.40. The van der Waals surface area contributed by atoms with Crippen molar-refractivity contribution in [3.05, 3.63) is 39.9 Å². The molecule has 1 aromatic heterocycles. The Bertz CT molecular complexity index is 452. The maximum absolute atomic E-state index is 5.87. The number of benzene rings is 1. The first-order chi connectivity index (χ1) is 7.74. The van der Waals surface area contributed by atoms with Crippen LogP contribution in [0.25, 0.3) is 10.6 Å². The van der Waals surface area contributed by atoms with Gasteiger partial charge in [-0.05, 0) is 25.0 Å². The number of rotatable bonds is 3. The fraction of sp³-hybridized carbons (Fsp3) is 0.308. The van der Waals surface area contributed by atoms with Gasteiger partial charge in [0.1, 0.15) is 5.01 Å². The van der Waals surface area contributed by atoms with Crippen LogP contribution in [0.15, 0.2) is 24.3 Å². The van der Waals surface area contributed by atoms with Crippen LogP contribution in [-0.4, -0.2) is 4.98 Å². The summed E-state index contributed by atoms with van der Waals surface area (Å²) >= 11 is 7.66. The van der Waals surface area contributed by atoms with Gasteiger partial charge in [0.15, 0.2) is 0 Å². The number of aryl methyl sites for hydroxylation is 2. The molecule has 0 unspecified atom stereocenters. The fourth-order valence-electron chi connectivity index (χ4n) is 1.65. The second-order valence-electron chi connectivity index (χ2n) is 3.60. The van der Waals surface area contributed by atoms with Crippen LogP contribution in [0.5, 0.6) is 0 Å². The molecule has 0 aliphatic rings. The molecule has 0 saturated heterocycles. The lowest BCUT2D eigenvalue weighted by Crippen LogP contribution is -1.85. The maximum Gasteiger partial charge on any atom is 0.123 e. The molecule has 2 aromatic rings. The number of thiazole rings is 1. The van der Waals surface area contributed by atoms with E-state index in [0.29, 0.717) is 0 Å². The molecule has 2 rings (SSSR count). The molecule has 16 heavy (non-hydrogen) atoms. The molecule has 0 atom stereocenters. The maximum atomic E-state index is 5.87. The van der Waals surface area contributed by atoms with Crippen molar-refractivity contribution in [2.24, 2.45) is 0 Å². The second kappa shape index (κ2) is 4.98. The van der Waals surface area contributed by atoms with Crippen molar-refractivity contribution in [1.29, 1.82) is 0 Å². The van der Waals surface area contributed by atoms with Gasteiger partial charge in [0.2, 0.25) is 0 Å². The highest BCUT2D eigenvalue weighted by Gasteiger charge is 2.09. The summed E-state index contributed by atoms with van der Waals surface area (Å²) in [5.41, 5.74) is 2.39. The first-order valence-corrected chi connectivity index (χ1v) is 6.68. The smallest absolute Gasteiger partial charge is 0.123 e. The molecule has 3 heteroatoms. The first-order valence-electron chi connectivity index (χ1n) is 5.49. The predicted octanol–water partition coefficient (Wildman–Crippen LogP) is 4.59. The monoisotopic (exact) mass is 251 g/mol. The van der Waals surface area contributed by atoms with Crippen LogP contribution in [-0.2, 0) is 12.8 Å². The molecule has 0 aliphatic carbocycles. The molecular formula is C13H14ClNS. The van der Waals surface area contributed by atoms with Crippen LogP contribution in [0.1, 0.15) is 24.4 Å². The Morgan fingerprint density at radius 2 is 1.81 bits per heavy atom. The third-order valence-corrected chi connectivity index (χ3v) is 4.07. The fourth-order valence-corrected chi connectivity index (χ4v) is 2.87. The standard InChI is InChI=1S/C13H14ClNS/c1-3-11-12(4-2)16-13(15-11)9-5-7-10(14)8-6-9/h5-8H,3-4H2,1-2H3. The summed E-state index contributed by atoms with van der Waals surface area (Å²) in [6, 6.07) is 7.88. The van der Waals surface area contributed by atoms with Gasteiger partial charge in [0.25, 0.3) is 0 Å². The summed E-state index contributed by atoms with van der Waals surface area (Å²) in [4.78, 5) is 6.07. The van der Waals surface area contributed by atoms with E-state index in [1.807, 2.05) is 24.3 Å². The molecule has 1 aromatic carbocycles. The molecule has 0 amide bonds. The van der Waals surface area contributed by atoms with Crippen molar-refractivity contribution in [2.75, 3.05) is 0 Å². The zero-order valence-electron chi connectivity index (χ0n) is 9.46. The molecule has 0 fully saturated rings. The van der Waals surface area contributed by atoms with Crippen molar-refractivity contribution in [1.82, 2.24) is 4.98 Å². The largest absolute Gasteiger partial charge is 0.241 e. The zero-order chi connectivity index (χ0) is 11.5. The quantitative estimate of drug-likeness (QED) is 0.778. The SMILES string of the molecule is CCc1nc(-c2ccc(Cl)cc2)sc1CC. The van der Waals surface area contributed by atoms with Crippen LogP contribution in [0.2, 0.25) is 5.02 Å². The van der Waals surface area contributed by atoms with E-state index in [-0.39, 0.29) is 0 Å². The van der Waals surface area contributed by atoms with Crippen molar-refractivity contribution in [2.45, 2.75) is 26.7 Å². The van der Waals surface area contributed by atoms with Gasteiger partial charge in [-0.3, -0.25) is 0 Å². The van der Waals surface area contributed by atoms with Gasteiger partial charge in [-0.15, -0.1) is 11.3 Å². The molecule has 1 nitrogen and oxygen atoms in total. The molecule has 0 radical (unpaired) electrons. The topological polar surface area (TPSA) is 12.9 Å². The van der Waals surface area contributed by atoms with Crippen molar-refractivity contribution in [3.8, 4) is 10.6 Å². The summed E-state index contributed by atoms with van der Waals surface area (Å²) in [6.45, 7) is 4.33. The van der Waals surface area contributed by atoms with E-state index >= 15 is 0 Å². The lowest BCUT2D eigenvalue weighted by Gasteiger charge is -1.95. The summed E-state index contributed by atoms with van der Waals surface area (Å²) in [5.74, 6) is 0. The minimum absolute atomic E-state index is 0.770. The Hall–Kier alpha value is -0.860. The Morgan fingerprint density at radius 3 is 2.31 bits per heavy atom. The number of hydrogen-bond acceptors (Lipinski definition) is 2. The number of halogens is 1. The van der Waals surface area contributed by atoms with E-state index < -0.39 is 0 Å². The normalized spacial score (nSPS) is 10.7. The first kappa shape index (κ1) is 11.6. The number of hydrogen-bond donors (Lipinski definition) is 0. The number of nitrogens with zero attached hydrogens (tertiary/aromatic N) is 1. The highest BCUT2D eigenvalue weighted by Crippen LogP contribution is 2.29. The molecule has 0 aliphatic heterocycles. The van der Waals surface area contributed by atoms with Crippen LogP contribution in [0.3, 0.4) is 0 Å². The summed E-state index contributed by atoms with van der Waals surface area (Å²) in [7, 11) is 0. The lowest BCUT2D eigenvalue weighted by molar-refractivity contribution is 1.01. The lowest BCUT2D eigenvalue weighted by atomic mass is 10.2. The van der Waals surface area contributed by atoms with Gasteiger partial charge in [-0.1, -0.05) is 37.6 Å². The third-order valence-electron chi connectivity index (χ3n) is 2.53. The van der Waals surface area contributed by atoms with E-state index in [0.717, 1.165) is 28.4 Å². The average Bonchev–Trinajstić information content (AvgIpc) is 2.73. The molecule has 1 heterocycles. The van der Waals surface area contributed by atoms with Crippen molar-refractivity contribution in [3.63, 3.8) is 0 Å². The zero-order valence-corrected chi connectivity index (χ0v) is 11.0. The molecule has 0 N–H and O–H groups in total. The molecule has 0 saturated carbocycles. The highest BCUT2D eigenvalue weighted by molar-refractivity contribution is 7.15. The van der Waals surface area contributed by atoms with Gasteiger partial charge in [0.05, 0.1) is 5.69 Å².